The van der Waals surface area contributed by atoms with Gasteiger partial charge in [0.25, 0.3) is 0 Å². The number of nitrogens with zero attached hydrogens (tertiary/aromatic N) is 5. The van der Waals surface area contributed by atoms with Crippen molar-refractivity contribution in [3.8, 4) is 11.3 Å². The molecule has 1 aromatic heterocycles. The van der Waals surface area contributed by atoms with Crippen LogP contribution in [0.5, 0.6) is 0 Å². The summed E-state index contributed by atoms with van der Waals surface area (Å²) in [6, 6.07) is 9.92. The highest BCUT2D eigenvalue weighted by Crippen LogP contribution is 2.20. The zero-order valence-electron chi connectivity index (χ0n) is 17.7. The van der Waals surface area contributed by atoms with Crippen molar-refractivity contribution >= 4 is 17.6 Å². The summed E-state index contributed by atoms with van der Waals surface area (Å²) in [4.78, 5) is 30.0. The van der Waals surface area contributed by atoms with E-state index in [9.17, 15) is 14.0 Å². The van der Waals surface area contributed by atoms with E-state index in [1.54, 1.807) is 17.0 Å². The molecule has 7 nitrogen and oxygen atoms in total. The third-order valence-corrected chi connectivity index (χ3v) is 5.30. The summed E-state index contributed by atoms with van der Waals surface area (Å²) in [5.74, 6) is 0.347. The lowest BCUT2D eigenvalue weighted by atomic mass is 10.1. The normalized spacial score (nSPS) is 14.6. The fourth-order valence-electron chi connectivity index (χ4n) is 3.57. The molecule has 1 aliphatic heterocycles. The van der Waals surface area contributed by atoms with E-state index >= 15 is 0 Å². The molecule has 0 spiro atoms. The molecule has 30 heavy (non-hydrogen) atoms. The Morgan fingerprint density at radius 2 is 1.77 bits per heavy atom. The number of carbonyl (C=O) groups excluding carboxylic acids is 2. The number of aromatic nitrogens is 2. The Hall–Kier alpha value is -3.03. The first-order chi connectivity index (χ1) is 14.3. The van der Waals surface area contributed by atoms with Gasteiger partial charge in [0.05, 0.1) is 12.2 Å². The fraction of sp³-hybridized carbons (Fsp3) is 0.455. The first-order valence-electron chi connectivity index (χ1n) is 10.2. The van der Waals surface area contributed by atoms with Crippen LogP contribution >= 0.6 is 0 Å². The summed E-state index contributed by atoms with van der Waals surface area (Å²) in [5.41, 5.74) is 1.49. The van der Waals surface area contributed by atoms with E-state index in [0.717, 1.165) is 24.3 Å². The van der Waals surface area contributed by atoms with Gasteiger partial charge in [0, 0.05) is 44.7 Å². The molecule has 1 saturated heterocycles. The number of anilines is 1. The molecule has 0 unspecified atom stereocenters. The maximum absolute atomic E-state index is 13.1. The minimum atomic E-state index is -0.285. The smallest absolute Gasteiger partial charge is 0.242 e. The number of benzene rings is 1. The molecule has 0 N–H and O–H groups in total. The number of amides is 2. The second kappa shape index (κ2) is 9.65. The van der Waals surface area contributed by atoms with E-state index in [1.165, 1.54) is 19.1 Å². The van der Waals surface area contributed by atoms with Crippen LogP contribution < -0.4 is 4.90 Å². The average Bonchev–Trinajstić information content (AvgIpc) is 2.98. The van der Waals surface area contributed by atoms with Crippen LogP contribution in [0.1, 0.15) is 27.2 Å². The van der Waals surface area contributed by atoms with Crippen LogP contribution in [0.4, 0.5) is 10.2 Å². The summed E-state index contributed by atoms with van der Waals surface area (Å²) in [5, 5.41) is 8.61. The van der Waals surface area contributed by atoms with Crippen molar-refractivity contribution in [2.75, 3.05) is 37.6 Å². The highest BCUT2D eigenvalue weighted by molar-refractivity contribution is 5.84. The molecule has 1 fully saturated rings. The van der Waals surface area contributed by atoms with E-state index in [4.69, 9.17) is 0 Å². The van der Waals surface area contributed by atoms with Crippen molar-refractivity contribution in [2.24, 2.45) is 0 Å². The summed E-state index contributed by atoms with van der Waals surface area (Å²) in [6.45, 7) is 8.07. The molecule has 1 aliphatic rings. The Kier molecular flexibility index (Phi) is 6.97. The van der Waals surface area contributed by atoms with Gasteiger partial charge in [-0.15, -0.1) is 10.2 Å². The zero-order chi connectivity index (χ0) is 21.7. The van der Waals surface area contributed by atoms with Crippen LogP contribution in [0.15, 0.2) is 36.4 Å². The lowest BCUT2D eigenvalue weighted by Gasteiger charge is -2.28. The Morgan fingerprint density at radius 3 is 2.37 bits per heavy atom. The highest BCUT2D eigenvalue weighted by Gasteiger charge is 2.24. The minimum Gasteiger partial charge on any atom is -0.353 e. The zero-order valence-corrected chi connectivity index (χ0v) is 17.7. The molecule has 3 rings (SSSR count). The largest absolute Gasteiger partial charge is 0.353 e. The van der Waals surface area contributed by atoms with Gasteiger partial charge in [-0.1, -0.05) is 0 Å². The number of hydrogen-bond acceptors (Lipinski definition) is 5. The quantitative estimate of drug-likeness (QED) is 0.754. The average molecular weight is 413 g/mol. The van der Waals surface area contributed by atoms with Crippen LogP contribution in [0.3, 0.4) is 0 Å². The molecular formula is C22H28FN5O2. The van der Waals surface area contributed by atoms with Crippen LogP contribution in [0.2, 0.25) is 0 Å². The van der Waals surface area contributed by atoms with Gasteiger partial charge in [0.15, 0.2) is 5.82 Å². The van der Waals surface area contributed by atoms with E-state index in [0.29, 0.717) is 25.3 Å². The van der Waals surface area contributed by atoms with E-state index in [1.807, 2.05) is 30.9 Å². The Balaban J connectivity index is 1.61. The van der Waals surface area contributed by atoms with Gasteiger partial charge >= 0.3 is 0 Å². The van der Waals surface area contributed by atoms with E-state index in [2.05, 4.69) is 15.1 Å². The summed E-state index contributed by atoms with van der Waals surface area (Å²) in [7, 11) is 0. The van der Waals surface area contributed by atoms with Crippen molar-refractivity contribution in [3.05, 3.63) is 42.2 Å². The van der Waals surface area contributed by atoms with Crippen LogP contribution in [0.25, 0.3) is 11.3 Å². The second-order valence-electron chi connectivity index (χ2n) is 7.75. The molecule has 2 aromatic rings. The van der Waals surface area contributed by atoms with Gasteiger partial charge < -0.3 is 14.7 Å². The Labute approximate surface area is 176 Å². The highest BCUT2D eigenvalue weighted by atomic mass is 19.1. The summed E-state index contributed by atoms with van der Waals surface area (Å²) in [6.07, 6.45) is 0.814. The molecule has 0 aliphatic carbocycles. The molecule has 1 aromatic carbocycles. The molecule has 160 valence electrons. The molecule has 0 radical (unpaired) electrons. The van der Waals surface area contributed by atoms with Gasteiger partial charge in [0.1, 0.15) is 5.82 Å². The molecular weight excluding hydrogens is 385 g/mol. The number of halogens is 1. The lowest BCUT2D eigenvalue weighted by molar-refractivity contribution is -0.140. The summed E-state index contributed by atoms with van der Waals surface area (Å²) < 4.78 is 13.1. The molecule has 0 bridgehead atoms. The van der Waals surface area contributed by atoms with E-state index < -0.39 is 0 Å². The van der Waals surface area contributed by atoms with Gasteiger partial charge in [0.2, 0.25) is 11.8 Å². The maximum Gasteiger partial charge on any atom is 0.242 e. The number of hydrogen-bond donors (Lipinski definition) is 0. The van der Waals surface area contributed by atoms with Crippen molar-refractivity contribution in [2.45, 2.75) is 33.2 Å². The third-order valence-electron chi connectivity index (χ3n) is 5.30. The van der Waals surface area contributed by atoms with Crippen molar-refractivity contribution in [3.63, 3.8) is 0 Å². The van der Waals surface area contributed by atoms with Gasteiger partial charge in [-0.2, -0.15) is 0 Å². The topological polar surface area (TPSA) is 69.6 Å². The van der Waals surface area contributed by atoms with Gasteiger partial charge in [-0.25, -0.2) is 4.39 Å². The maximum atomic E-state index is 13.1. The number of rotatable bonds is 5. The van der Waals surface area contributed by atoms with Gasteiger partial charge in [-0.3, -0.25) is 9.59 Å². The Morgan fingerprint density at radius 1 is 1.03 bits per heavy atom. The molecule has 2 amide bonds. The predicted molar refractivity (Wildman–Crippen MR) is 113 cm³/mol. The monoisotopic (exact) mass is 413 g/mol. The molecule has 2 heterocycles. The van der Waals surface area contributed by atoms with E-state index in [-0.39, 0.29) is 30.2 Å². The van der Waals surface area contributed by atoms with Crippen LogP contribution in [-0.4, -0.2) is 70.6 Å². The van der Waals surface area contributed by atoms with Crippen LogP contribution in [-0.2, 0) is 9.59 Å². The van der Waals surface area contributed by atoms with Crippen molar-refractivity contribution in [1.29, 1.82) is 0 Å². The van der Waals surface area contributed by atoms with Crippen LogP contribution in [0, 0.1) is 5.82 Å². The first-order valence-corrected chi connectivity index (χ1v) is 10.2. The SMILES string of the molecule is CC(=O)N(CC(=O)N1CCCN(c2ccc(-c3ccc(F)cc3)nn2)CC1)C(C)C. The fourth-order valence-corrected chi connectivity index (χ4v) is 3.57. The van der Waals surface area contributed by atoms with Gasteiger partial charge in [-0.05, 0) is 56.7 Å². The third kappa shape index (κ3) is 5.31. The number of carbonyl (C=O) groups is 2. The second-order valence-corrected chi connectivity index (χ2v) is 7.75. The lowest BCUT2D eigenvalue weighted by Crippen LogP contribution is -2.46. The standard InChI is InChI=1S/C22H28FN5O2/c1-16(2)28(17(3)29)15-22(30)27-12-4-11-26(13-14-27)21-10-9-20(24-25-21)18-5-7-19(23)8-6-18/h5-10,16H,4,11-15H2,1-3H3. The predicted octanol–water partition coefficient (Wildman–Crippen LogP) is 2.58. The van der Waals surface area contributed by atoms with Crippen molar-refractivity contribution in [1.82, 2.24) is 20.0 Å². The molecule has 0 atom stereocenters. The minimum absolute atomic E-state index is 0.00942. The first kappa shape index (κ1) is 21.7. The Bertz CT molecular complexity index is 870. The summed E-state index contributed by atoms with van der Waals surface area (Å²) >= 11 is 0. The molecule has 0 saturated carbocycles. The van der Waals surface area contributed by atoms with Crippen molar-refractivity contribution < 1.29 is 14.0 Å². The molecule has 8 heteroatoms.